The van der Waals surface area contributed by atoms with Crippen molar-refractivity contribution in [1.29, 1.82) is 0 Å². The molecule has 1 aromatic carbocycles. The monoisotopic (exact) mass is 354 g/mol. The Kier molecular flexibility index (Phi) is 8.70. The first-order valence-corrected chi connectivity index (χ1v) is 8.85. The molecule has 8 heteroatoms. The zero-order valence-corrected chi connectivity index (χ0v) is 14.6. The zero-order chi connectivity index (χ0) is 17.9. The maximum Gasteiger partial charge on any atom is 0.329 e. The molecule has 0 bridgehead atoms. The molecule has 0 fully saturated rings. The van der Waals surface area contributed by atoms with Gasteiger partial charge in [0.15, 0.2) is 12.4 Å². The van der Waals surface area contributed by atoms with Crippen LogP contribution in [0.3, 0.4) is 0 Å². The number of ketones is 1. The number of hydrogen-bond donors (Lipinski definition) is 2. The third-order valence-corrected chi connectivity index (χ3v) is 3.69. The SMILES string of the molecule is CCOc1ccc(C(=O)COC(=O)[C@@H](CCSC)NC(N)=O)cc1. The lowest BCUT2D eigenvalue weighted by Gasteiger charge is -2.15. The number of benzene rings is 1. The molecule has 0 aromatic heterocycles. The van der Waals surface area contributed by atoms with E-state index in [2.05, 4.69) is 5.32 Å². The third kappa shape index (κ3) is 6.91. The van der Waals surface area contributed by atoms with Crippen LogP contribution in [0, 0.1) is 0 Å². The Morgan fingerprint density at radius 1 is 1.25 bits per heavy atom. The standard InChI is InChI=1S/C16H22N2O5S/c1-3-22-12-6-4-11(5-7-12)14(19)10-23-15(20)13(8-9-24-2)18-16(17)21/h4-7,13H,3,8-10H2,1-2H3,(H3,17,18,21)/t13-/m1/s1. The van der Waals surface area contributed by atoms with Crippen molar-refractivity contribution in [2.75, 3.05) is 25.2 Å². The fourth-order valence-electron chi connectivity index (χ4n) is 1.88. The van der Waals surface area contributed by atoms with Gasteiger partial charge in [-0.3, -0.25) is 4.79 Å². The predicted molar refractivity (Wildman–Crippen MR) is 92.4 cm³/mol. The van der Waals surface area contributed by atoms with Gasteiger partial charge in [0, 0.05) is 5.56 Å². The number of esters is 1. The number of ether oxygens (including phenoxy) is 2. The van der Waals surface area contributed by atoms with Crippen LogP contribution in [0.1, 0.15) is 23.7 Å². The summed E-state index contributed by atoms with van der Waals surface area (Å²) in [7, 11) is 0. The summed E-state index contributed by atoms with van der Waals surface area (Å²) in [5, 5.41) is 2.32. The Bertz CT molecular complexity index is 562. The normalized spacial score (nSPS) is 11.4. The van der Waals surface area contributed by atoms with E-state index in [4.69, 9.17) is 15.2 Å². The first-order chi connectivity index (χ1) is 11.5. The van der Waals surface area contributed by atoms with Gasteiger partial charge in [-0.2, -0.15) is 11.8 Å². The molecule has 24 heavy (non-hydrogen) atoms. The summed E-state index contributed by atoms with van der Waals surface area (Å²) in [6.07, 6.45) is 2.25. The number of rotatable bonds is 10. The van der Waals surface area contributed by atoms with Gasteiger partial charge in [0.25, 0.3) is 0 Å². The van der Waals surface area contributed by atoms with E-state index in [9.17, 15) is 14.4 Å². The van der Waals surface area contributed by atoms with Crippen LogP contribution in [0.15, 0.2) is 24.3 Å². The lowest BCUT2D eigenvalue weighted by atomic mass is 10.1. The number of amides is 2. The highest BCUT2D eigenvalue weighted by Crippen LogP contribution is 2.13. The van der Waals surface area contributed by atoms with Crippen LogP contribution in [0.2, 0.25) is 0 Å². The maximum atomic E-state index is 12.0. The van der Waals surface area contributed by atoms with E-state index in [1.54, 1.807) is 24.3 Å². The van der Waals surface area contributed by atoms with E-state index in [-0.39, 0.29) is 5.78 Å². The lowest BCUT2D eigenvalue weighted by Crippen LogP contribution is -2.45. The summed E-state index contributed by atoms with van der Waals surface area (Å²) in [4.78, 5) is 35.0. The van der Waals surface area contributed by atoms with E-state index < -0.39 is 24.6 Å². The highest BCUT2D eigenvalue weighted by atomic mass is 32.2. The Balaban J connectivity index is 2.56. The summed E-state index contributed by atoms with van der Waals surface area (Å²) in [5.74, 6) is 0.289. The molecule has 0 heterocycles. The molecule has 2 amide bonds. The van der Waals surface area contributed by atoms with Gasteiger partial charge in [-0.15, -0.1) is 0 Å². The van der Waals surface area contributed by atoms with Crippen molar-refractivity contribution in [1.82, 2.24) is 5.32 Å². The van der Waals surface area contributed by atoms with E-state index in [1.807, 2.05) is 13.2 Å². The van der Waals surface area contributed by atoms with Crippen molar-refractivity contribution in [2.45, 2.75) is 19.4 Å². The lowest BCUT2D eigenvalue weighted by molar-refractivity contribution is -0.144. The molecule has 1 atom stereocenters. The summed E-state index contributed by atoms with van der Waals surface area (Å²) >= 11 is 1.52. The van der Waals surface area contributed by atoms with Crippen molar-refractivity contribution in [3.8, 4) is 5.75 Å². The van der Waals surface area contributed by atoms with Crippen molar-refractivity contribution >= 4 is 29.5 Å². The number of urea groups is 1. The van der Waals surface area contributed by atoms with Gasteiger partial charge in [0.1, 0.15) is 11.8 Å². The molecule has 0 saturated heterocycles. The fraction of sp³-hybridized carbons (Fsp3) is 0.438. The number of Topliss-reactive ketones (excluding diaryl/α,β-unsaturated/α-hetero) is 1. The minimum absolute atomic E-state index is 0.339. The second-order valence-corrected chi connectivity index (χ2v) is 5.82. The number of carbonyl (C=O) groups excluding carboxylic acids is 3. The van der Waals surface area contributed by atoms with Crippen LogP contribution in [0.4, 0.5) is 4.79 Å². The van der Waals surface area contributed by atoms with Gasteiger partial charge < -0.3 is 20.5 Å². The minimum Gasteiger partial charge on any atom is -0.494 e. The molecular formula is C16H22N2O5S. The van der Waals surface area contributed by atoms with Crippen LogP contribution in [0.5, 0.6) is 5.75 Å². The summed E-state index contributed by atoms with van der Waals surface area (Å²) in [6, 6.07) is 4.89. The van der Waals surface area contributed by atoms with E-state index in [1.165, 1.54) is 11.8 Å². The number of carbonyl (C=O) groups is 3. The minimum atomic E-state index is -0.858. The topological polar surface area (TPSA) is 108 Å². The molecule has 0 aliphatic carbocycles. The number of thioether (sulfide) groups is 1. The Morgan fingerprint density at radius 2 is 1.92 bits per heavy atom. The fourth-order valence-corrected chi connectivity index (χ4v) is 2.35. The van der Waals surface area contributed by atoms with E-state index >= 15 is 0 Å². The van der Waals surface area contributed by atoms with Gasteiger partial charge in [0.2, 0.25) is 0 Å². The van der Waals surface area contributed by atoms with Gasteiger partial charge in [-0.05, 0) is 49.6 Å². The summed E-state index contributed by atoms with van der Waals surface area (Å²) < 4.78 is 10.3. The van der Waals surface area contributed by atoms with Crippen LogP contribution < -0.4 is 15.8 Å². The maximum absolute atomic E-state index is 12.0. The average Bonchev–Trinajstić information content (AvgIpc) is 2.56. The van der Waals surface area contributed by atoms with Crippen molar-refractivity contribution < 1.29 is 23.9 Å². The molecule has 0 aliphatic heterocycles. The van der Waals surface area contributed by atoms with Crippen LogP contribution in [-0.4, -0.2) is 49.0 Å². The van der Waals surface area contributed by atoms with E-state index in [0.717, 1.165) is 0 Å². The first kappa shape index (κ1) is 19.8. The van der Waals surface area contributed by atoms with Gasteiger partial charge >= 0.3 is 12.0 Å². The van der Waals surface area contributed by atoms with Crippen molar-refractivity contribution in [3.05, 3.63) is 29.8 Å². The summed E-state index contributed by atoms with van der Waals surface area (Å²) in [6.45, 7) is 2.00. The largest absolute Gasteiger partial charge is 0.494 e. The van der Waals surface area contributed by atoms with E-state index in [0.29, 0.717) is 30.1 Å². The number of nitrogens with two attached hydrogens (primary N) is 1. The second-order valence-electron chi connectivity index (χ2n) is 4.83. The van der Waals surface area contributed by atoms with Gasteiger partial charge in [-0.25, -0.2) is 9.59 Å². The summed E-state index contributed by atoms with van der Waals surface area (Å²) in [5.41, 5.74) is 5.46. The molecule has 3 N–H and O–H groups in total. The quantitative estimate of drug-likeness (QED) is 0.488. The van der Waals surface area contributed by atoms with Crippen LogP contribution >= 0.6 is 11.8 Å². The molecule has 132 valence electrons. The molecule has 0 unspecified atom stereocenters. The molecule has 0 radical (unpaired) electrons. The Hall–Kier alpha value is -2.22. The molecule has 0 aliphatic rings. The average molecular weight is 354 g/mol. The Labute approximate surface area is 145 Å². The van der Waals surface area contributed by atoms with Crippen molar-refractivity contribution in [2.24, 2.45) is 5.73 Å². The predicted octanol–water partition coefficient (Wildman–Crippen LogP) is 1.60. The van der Waals surface area contributed by atoms with Crippen LogP contribution in [-0.2, 0) is 9.53 Å². The van der Waals surface area contributed by atoms with Crippen LogP contribution in [0.25, 0.3) is 0 Å². The molecule has 0 saturated carbocycles. The highest BCUT2D eigenvalue weighted by molar-refractivity contribution is 7.98. The van der Waals surface area contributed by atoms with Gasteiger partial charge in [0.05, 0.1) is 6.61 Å². The molecule has 7 nitrogen and oxygen atoms in total. The smallest absolute Gasteiger partial charge is 0.329 e. The molecule has 1 aromatic rings. The number of primary amides is 1. The first-order valence-electron chi connectivity index (χ1n) is 7.45. The molecule has 0 spiro atoms. The number of nitrogens with one attached hydrogen (secondary N) is 1. The third-order valence-electron chi connectivity index (χ3n) is 3.04. The molecule has 1 rings (SSSR count). The Morgan fingerprint density at radius 3 is 2.46 bits per heavy atom. The van der Waals surface area contributed by atoms with Gasteiger partial charge in [-0.1, -0.05) is 0 Å². The molecular weight excluding hydrogens is 332 g/mol. The number of hydrogen-bond acceptors (Lipinski definition) is 6. The van der Waals surface area contributed by atoms with Crippen molar-refractivity contribution in [3.63, 3.8) is 0 Å². The highest BCUT2D eigenvalue weighted by Gasteiger charge is 2.22. The zero-order valence-electron chi connectivity index (χ0n) is 13.7. The second kappa shape index (κ2) is 10.5.